The minimum atomic E-state index is 0.195. The van der Waals surface area contributed by atoms with Gasteiger partial charge in [-0.05, 0) is 36.7 Å². The maximum Gasteiger partial charge on any atom is 0.176 e. The normalized spacial score (nSPS) is 16.9. The van der Waals surface area contributed by atoms with Gasteiger partial charge in [-0.2, -0.15) is 0 Å². The number of carbonyl (C=O) groups excluding carboxylic acids is 1. The van der Waals surface area contributed by atoms with Crippen molar-refractivity contribution in [2.24, 2.45) is 5.92 Å². The second kappa shape index (κ2) is 8.30. The number of carbonyl (C=O) groups is 1. The van der Waals surface area contributed by atoms with Crippen molar-refractivity contribution in [3.05, 3.63) is 29.8 Å². The van der Waals surface area contributed by atoms with Gasteiger partial charge in [0, 0.05) is 31.7 Å². The molecule has 0 aromatic heterocycles. The zero-order valence-corrected chi connectivity index (χ0v) is 14.0. The van der Waals surface area contributed by atoms with E-state index in [4.69, 9.17) is 4.74 Å². The van der Waals surface area contributed by atoms with E-state index in [1.807, 2.05) is 24.3 Å². The number of benzene rings is 1. The number of rotatable bonds is 7. The Bertz CT molecular complexity index is 462. The number of Topliss-reactive ketones (excluding diaryl/α,β-unsaturated/α-hetero) is 1. The maximum atomic E-state index is 12.3. The third-order valence-electron chi connectivity index (χ3n) is 4.04. The van der Waals surface area contributed by atoms with E-state index in [2.05, 4.69) is 30.6 Å². The fraction of sp³-hybridized carbons (Fsp3) is 0.611. The third-order valence-corrected chi connectivity index (χ3v) is 4.04. The van der Waals surface area contributed by atoms with Crippen LogP contribution >= 0.6 is 0 Å². The van der Waals surface area contributed by atoms with Gasteiger partial charge >= 0.3 is 0 Å². The molecule has 1 aliphatic heterocycles. The molecule has 22 heavy (non-hydrogen) atoms. The molecule has 0 unspecified atom stereocenters. The van der Waals surface area contributed by atoms with Crippen LogP contribution in [0.15, 0.2) is 24.3 Å². The van der Waals surface area contributed by atoms with E-state index in [-0.39, 0.29) is 5.78 Å². The van der Waals surface area contributed by atoms with Gasteiger partial charge in [0.1, 0.15) is 5.75 Å². The van der Waals surface area contributed by atoms with Gasteiger partial charge < -0.3 is 9.64 Å². The van der Waals surface area contributed by atoms with E-state index in [9.17, 15) is 4.79 Å². The van der Waals surface area contributed by atoms with Crippen molar-refractivity contribution in [1.29, 1.82) is 0 Å². The Labute approximate surface area is 134 Å². The highest BCUT2D eigenvalue weighted by Gasteiger charge is 2.18. The summed E-state index contributed by atoms with van der Waals surface area (Å²) < 4.78 is 5.65. The molecule has 0 radical (unpaired) electrons. The van der Waals surface area contributed by atoms with E-state index in [0.717, 1.165) is 44.0 Å². The smallest absolute Gasteiger partial charge is 0.176 e. The lowest BCUT2D eigenvalue weighted by Crippen LogP contribution is -2.47. The van der Waals surface area contributed by atoms with Gasteiger partial charge in [0.15, 0.2) is 5.78 Å². The lowest BCUT2D eigenvalue weighted by molar-refractivity contribution is 0.0859. The van der Waals surface area contributed by atoms with Crippen molar-refractivity contribution in [2.45, 2.75) is 20.8 Å². The highest BCUT2D eigenvalue weighted by molar-refractivity contribution is 5.97. The van der Waals surface area contributed by atoms with Crippen molar-refractivity contribution in [3.8, 4) is 5.75 Å². The minimum absolute atomic E-state index is 0.195. The molecule has 1 fully saturated rings. The fourth-order valence-corrected chi connectivity index (χ4v) is 2.56. The van der Waals surface area contributed by atoms with E-state index >= 15 is 0 Å². The van der Waals surface area contributed by atoms with Crippen molar-refractivity contribution < 1.29 is 9.53 Å². The van der Waals surface area contributed by atoms with Crippen LogP contribution in [0.3, 0.4) is 0 Å². The Morgan fingerprint density at radius 3 is 2.23 bits per heavy atom. The lowest BCUT2D eigenvalue weighted by Gasteiger charge is -2.33. The Morgan fingerprint density at radius 1 is 1.09 bits per heavy atom. The van der Waals surface area contributed by atoms with Gasteiger partial charge in [0.25, 0.3) is 0 Å². The highest BCUT2D eigenvalue weighted by atomic mass is 16.5. The summed E-state index contributed by atoms with van der Waals surface area (Å²) in [7, 11) is 0. The van der Waals surface area contributed by atoms with Crippen LogP contribution in [-0.4, -0.2) is 61.5 Å². The molecule has 2 rings (SSSR count). The summed E-state index contributed by atoms with van der Waals surface area (Å²) in [6, 6.07) is 7.54. The third kappa shape index (κ3) is 5.11. The molecule has 0 amide bonds. The molecular weight excluding hydrogens is 276 g/mol. The first-order valence-corrected chi connectivity index (χ1v) is 8.29. The quantitative estimate of drug-likeness (QED) is 0.725. The number of nitrogens with zero attached hydrogens (tertiary/aromatic N) is 2. The van der Waals surface area contributed by atoms with Gasteiger partial charge in [-0.1, -0.05) is 20.8 Å². The average Bonchev–Trinajstić information content (AvgIpc) is 2.54. The average molecular weight is 304 g/mol. The summed E-state index contributed by atoms with van der Waals surface area (Å²) in [5, 5.41) is 0. The summed E-state index contributed by atoms with van der Waals surface area (Å²) in [5.41, 5.74) is 0.773. The highest BCUT2D eigenvalue weighted by Crippen LogP contribution is 2.14. The van der Waals surface area contributed by atoms with Gasteiger partial charge in [-0.15, -0.1) is 0 Å². The maximum absolute atomic E-state index is 12.3. The first-order valence-electron chi connectivity index (χ1n) is 8.29. The van der Waals surface area contributed by atoms with Crippen molar-refractivity contribution >= 4 is 5.78 Å². The minimum Gasteiger partial charge on any atom is -0.493 e. The Balaban J connectivity index is 1.82. The van der Waals surface area contributed by atoms with Crippen LogP contribution in [0.2, 0.25) is 0 Å². The molecule has 0 N–H and O–H groups in total. The van der Waals surface area contributed by atoms with Gasteiger partial charge in [-0.3, -0.25) is 9.69 Å². The Hall–Kier alpha value is -1.39. The van der Waals surface area contributed by atoms with Crippen LogP contribution in [0.25, 0.3) is 0 Å². The Morgan fingerprint density at radius 2 is 1.68 bits per heavy atom. The zero-order chi connectivity index (χ0) is 15.9. The molecule has 1 heterocycles. The van der Waals surface area contributed by atoms with Crippen molar-refractivity contribution in [1.82, 2.24) is 9.80 Å². The molecule has 0 spiro atoms. The first kappa shape index (κ1) is 17.0. The monoisotopic (exact) mass is 304 g/mol. The molecule has 4 heteroatoms. The molecule has 0 aliphatic carbocycles. The molecule has 1 aromatic carbocycles. The molecular formula is C18H28N2O2. The van der Waals surface area contributed by atoms with Crippen LogP contribution in [0.5, 0.6) is 5.75 Å². The zero-order valence-electron chi connectivity index (χ0n) is 14.0. The summed E-state index contributed by atoms with van der Waals surface area (Å²) in [5.74, 6) is 1.53. The van der Waals surface area contributed by atoms with E-state index in [0.29, 0.717) is 19.1 Å². The lowest BCUT2D eigenvalue weighted by atomic mass is 10.1. The van der Waals surface area contributed by atoms with Gasteiger partial charge in [0.2, 0.25) is 0 Å². The largest absolute Gasteiger partial charge is 0.493 e. The fourth-order valence-electron chi connectivity index (χ4n) is 2.56. The molecule has 4 nitrogen and oxygen atoms in total. The predicted molar refractivity (Wildman–Crippen MR) is 89.7 cm³/mol. The summed E-state index contributed by atoms with van der Waals surface area (Å²) in [4.78, 5) is 17.0. The Kier molecular flexibility index (Phi) is 6.40. The van der Waals surface area contributed by atoms with E-state index in [1.165, 1.54) is 0 Å². The van der Waals surface area contributed by atoms with Crippen LogP contribution in [-0.2, 0) is 0 Å². The van der Waals surface area contributed by atoms with Crippen molar-refractivity contribution in [3.63, 3.8) is 0 Å². The number of ether oxygens (including phenoxy) is 1. The summed E-state index contributed by atoms with van der Waals surface area (Å²) in [6.07, 6.45) is 0. The van der Waals surface area contributed by atoms with Crippen LogP contribution in [0.4, 0.5) is 0 Å². The van der Waals surface area contributed by atoms with E-state index < -0.39 is 0 Å². The molecule has 1 aliphatic rings. The van der Waals surface area contributed by atoms with E-state index in [1.54, 1.807) is 0 Å². The topological polar surface area (TPSA) is 32.8 Å². The molecule has 1 saturated heterocycles. The number of ketones is 1. The first-order chi connectivity index (χ1) is 10.6. The molecule has 0 atom stereocenters. The SMILES string of the molecule is CCN1CCN(CC(=O)c2ccc(OCC(C)C)cc2)CC1. The standard InChI is InChI=1S/C18H28N2O2/c1-4-19-9-11-20(12-10-19)13-18(21)16-5-7-17(8-6-16)22-14-15(2)3/h5-8,15H,4,9-14H2,1-3H3. The predicted octanol–water partition coefficient (Wildman–Crippen LogP) is 2.54. The van der Waals surface area contributed by atoms with Crippen LogP contribution < -0.4 is 4.74 Å². The molecule has 1 aromatic rings. The molecule has 0 saturated carbocycles. The number of likely N-dealkylation sites (N-methyl/N-ethyl adjacent to an activating group) is 1. The number of hydrogen-bond donors (Lipinski definition) is 0. The van der Waals surface area contributed by atoms with Crippen molar-refractivity contribution in [2.75, 3.05) is 45.9 Å². The molecule has 0 bridgehead atoms. The second-order valence-corrected chi connectivity index (χ2v) is 6.36. The second-order valence-electron chi connectivity index (χ2n) is 6.36. The van der Waals surface area contributed by atoms with Gasteiger partial charge in [-0.25, -0.2) is 0 Å². The number of piperazine rings is 1. The van der Waals surface area contributed by atoms with Crippen LogP contribution in [0, 0.1) is 5.92 Å². The number of hydrogen-bond acceptors (Lipinski definition) is 4. The molecule has 122 valence electrons. The van der Waals surface area contributed by atoms with Crippen LogP contribution in [0.1, 0.15) is 31.1 Å². The van der Waals surface area contributed by atoms with Gasteiger partial charge in [0.05, 0.1) is 13.2 Å². The summed E-state index contributed by atoms with van der Waals surface area (Å²) >= 11 is 0. The summed E-state index contributed by atoms with van der Waals surface area (Å²) in [6.45, 7) is 12.8.